The van der Waals surface area contributed by atoms with Gasteiger partial charge in [-0.1, -0.05) is 43.3 Å². The minimum atomic E-state index is -0.199. The molecular weight excluding hydrogens is 396 g/mol. The molecule has 32 heavy (non-hydrogen) atoms. The van der Waals surface area contributed by atoms with Crippen LogP contribution in [0.2, 0.25) is 0 Å². The lowest BCUT2D eigenvalue weighted by Crippen LogP contribution is -2.82. The maximum atomic E-state index is 10.6. The Morgan fingerprint density at radius 1 is 1.09 bits per heavy atom. The van der Waals surface area contributed by atoms with Crippen molar-refractivity contribution in [2.24, 2.45) is 10.8 Å². The molecule has 2 N–H and O–H groups in total. The Balaban J connectivity index is 1.53. The fraction of sp³-hybridized carbons (Fsp3) is 0.571. The Hall–Kier alpha value is -1.88. The van der Waals surface area contributed by atoms with Crippen molar-refractivity contribution in [3.05, 3.63) is 65.2 Å². The molecule has 2 aliphatic heterocycles. The first kappa shape index (κ1) is 19.6. The van der Waals surface area contributed by atoms with E-state index >= 15 is 0 Å². The molecule has 8 rings (SSSR count). The van der Waals surface area contributed by atoms with Crippen molar-refractivity contribution in [2.75, 3.05) is 20.7 Å². The van der Waals surface area contributed by atoms with Crippen LogP contribution in [0.5, 0.6) is 5.75 Å². The molecule has 2 heterocycles. The number of ether oxygens (including phenoxy) is 1. The third-order valence-corrected chi connectivity index (χ3v) is 10.9. The summed E-state index contributed by atoms with van der Waals surface area (Å²) >= 11 is 0. The fourth-order valence-corrected chi connectivity index (χ4v) is 9.85. The lowest BCUT2D eigenvalue weighted by Gasteiger charge is -2.76. The molecule has 7 atom stereocenters. The van der Waals surface area contributed by atoms with Crippen LogP contribution < -0.4 is 5.32 Å². The van der Waals surface area contributed by atoms with Crippen LogP contribution in [0.3, 0.4) is 0 Å². The summed E-state index contributed by atoms with van der Waals surface area (Å²) in [6.07, 6.45) is 5.70. The number of nitrogens with zero attached hydrogens (tertiary/aromatic N) is 1. The van der Waals surface area contributed by atoms with Crippen molar-refractivity contribution in [3.63, 3.8) is 0 Å². The second kappa shape index (κ2) is 5.97. The average Bonchev–Trinajstić information content (AvgIpc) is 3.02. The second-order valence-corrected chi connectivity index (χ2v) is 11.6. The molecule has 2 saturated heterocycles. The average molecular weight is 431 g/mol. The highest BCUT2D eigenvalue weighted by molar-refractivity contribution is 5.54. The molecular formula is C28H34N2O2. The summed E-state index contributed by atoms with van der Waals surface area (Å²) in [5.41, 5.74) is 4.23. The predicted molar refractivity (Wildman–Crippen MR) is 125 cm³/mol. The smallest absolute Gasteiger partial charge is 0.115 e. The topological polar surface area (TPSA) is 44.7 Å². The number of aromatic hydroxyl groups is 1. The number of methoxy groups -OCH3 is 1. The summed E-state index contributed by atoms with van der Waals surface area (Å²) in [5, 5.41) is 14.8. The van der Waals surface area contributed by atoms with Gasteiger partial charge in [-0.05, 0) is 79.9 Å². The molecule has 0 radical (unpaired) electrons. The number of hydrogen-bond donors (Lipinski definition) is 2. The van der Waals surface area contributed by atoms with Gasteiger partial charge in [-0.25, -0.2) is 0 Å². The number of hydrogen-bond acceptors (Lipinski definition) is 4. The minimum absolute atomic E-state index is 0.00615. The van der Waals surface area contributed by atoms with Crippen LogP contribution in [0.1, 0.15) is 55.3 Å². The fourth-order valence-electron chi connectivity index (χ4n) is 9.85. The summed E-state index contributed by atoms with van der Waals surface area (Å²) in [4.78, 5) is 2.65. The number of likely N-dealkylation sites (tertiary alicyclic amines) is 1. The van der Waals surface area contributed by atoms with Crippen LogP contribution >= 0.6 is 0 Å². The molecule has 5 fully saturated rings. The SMILES string of the molecule is CO[C@]12CC[C@]34C[C@@]1(C)[C@H](c1ccccc1)N[C@H]2[C@@]31CCN(C)[C@@H]4Cc2ccc(O)cc21. The van der Waals surface area contributed by atoms with Crippen LogP contribution in [0, 0.1) is 10.8 Å². The quantitative estimate of drug-likeness (QED) is 0.750. The van der Waals surface area contributed by atoms with Gasteiger partial charge in [-0.2, -0.15) is 0 Å². The molecule has 6 aliphatic rings. The normalized spacial score (nSPS) is 46.0. The highest BCUT2D eigenvalue weighted by Crippen LogP contribution is 2.79. The zero-order valence-corrected chi connectivity index (χ0v) is 19.4. The molecule has 4 aliphatic carbocycles. The monoisotopic (exact) mass is 430 g/mol. The van der Waals surface area contributed by atoms with Crippen molar-refractivity contribution < 1.29 is 9.84 Å². The summed E-state index contributed by atoms with van der Waals surface area (Å²) < 4.78 is 6.67. The lowest BCUT2D eigenvalue weighted by molar-refractivity contribution is -0.259. The maximum absolute atomic E-state index is 10.6. The molecule has 0 aromatic heterocycles. The van der Waals surface area contributed by atoms with Gasteiger partial charge in [-0.3, -0.25) is 0 Å². The van der Waals surface area contributed by atoms with Crippen LogP contribution in [0.25, 0.3) is 0 Å². The molecule has 0 unspecified atom stereocenters. The van der Waals surface area contributed by atoms with E-state index in [2.05, 4.69) is 66.7 Å². The van der Waals surface area contributed by atoms with E-state index in [1.807, 2.05) is 13.2 Å². The number of rotatable bonds is 2. The van der Waals surface area contributed by atoms with Gasteiger partial charge in [0.2, 0.25) is 0 Å². The lowest BCUT2D eigenvalue weighted by atomic mass is 9.32. The van der Waals surface area contributed by atoms with E-state index in [1.165, 1.54) is 29.5 Å². The number of piperidine rings is 1. The van der Waals surface area contributed by atoms with E-state index in [-0.39, 0.29) is 33.9 Å². The second-order valence-electron chi connectivity index (χ2n) is 11.6. The number of nitrogens with one attached hydrogen (secondary N) is 1. The summed E-state index contributed by atoms with van der Waals surface area (Å²) in [5.74, 6) is 0.402. The molecule has 1 spiro atoms. The van der Waals surface area contributed by atoms with E-state index in [0.717, 1.165) is 25.8 Å². The first-order valence-corrected chi connectivity index (χ1v) is 12.3. The first-order chi connectivity index (χ1) is 15.4. The first-order valence-electron chi connectivity index (χ1n) is 12.3. The molecule has 2 aromatic carbocycles. The third kappa shape index (κ3) is 1.87. The van der Waals surface area contributed by atoms with Crippen LogP contribution in [0.15, 0.2) is 48.5 Å². The minimum Gasteiger partial charge on any atom is -0.508 e. The Kier molecular flexibility index (Phi) is 3.65. The van der Waals surface area contributed by atoms with E-state index < -0.39 is 0 Å². The molecule has 4 heteroatoms. The Labute approximate surface area is 191 Å². The van der Waals surface area contributed by atoms with Gasteiger partial charge >= 0.3 is 0 Å². The summed E-state index contributed by atoms with van der Waals surface area (Å²) in [6.45, 7) is 3.61. The van der Waals surface area contributed by atoms with E-state index in [1.54, 1.807) is 0 Å². The zero-order chi connectivity index (χ0) is 21.9. The van der Waals surface area contributed by atoms with Gasteiger partial charge in [0, 0.05) is 36.1 Å². The maximum Gasteiger partial charge on any atom is 0.115 e. The largest absolute Gasteiger partial charge is 0.508 e. The van der Waals surface area contributed by atoms with Crippen molar-refractivity contribution in [2.45, 2.75) is 68.2 Å². The van der Waals surface area contributed by atoms with Crippen LogP contribution in [0.4, 0.5) is 0 Å². The Morgan fingerprint density at radius 3 is 2.69 bits per heavy atom. The number of likely N-dealkylation sites (N-methyl/N-ethyl adjacent to an activating group) is 1. The highest BCUT2D eigenvalue weighted by atomic mass is 16.5. The van der Waals surface area contributed by atoms with E-state index in [4.69, 9.17) is 4.74 Å². The zero-order valence-electron chi connectivity index (χ0n) is 19.4. The summed E-state index contributed by atoms with van der Waals surface area (Å²) in [6, 6.07) is 18.3. The van der Waals surface area contributed by atoms with Gasteiger partial charge < -0.3 is 20.1 Å². The van der Waals surface area contributed by atoms with Crippen LogP contribution in [-0.4, -0.2) is 48.4 Å². The molecule has 2 aromatic rings. The number of benzene rings is 2. The van der Waals surface area contributed by atoms with Gasteiger partial charge in [0.05, 0.1) is 5.60 Å². The molecule has 6 bridgehead atoms. The summed E-state index contributed by atoms with van der Waals surface area (Å²) in [7, 11) is 4.29. The van der Waals surface area contributed by atoms with Gasteiger partial charge in [0.15, 0.2) is 0 Å². The molecule has 4 nitrogen and oxygen atoms in total. The van der Waals surface area contributed by atoms with E-state index in [0.29, 0.717) is 11.8 Å². The van der Waals surface area contributed by atoms with E-state index in [9.17, 15) is 5.11 Å². The number of phenolic OH excluding ortho intramolecular Hbond substituents is 1. The number of phenols is 1. The molecule has 168 valence electrons. The van der Waals surface area contributed by atoms with Crippen molar-refractivity contribution in [1.29, 1.82) is 0 Å². The Morgan fingerprint density at radius 2 is 1.91 bits per heavy atom. The Bertz CT molecular complexity index is 1100. The van der Waals surface area contributed by atoms with Gasteiger partial charge in [-0.15, -0.1) is 0 Å². The standard InChI is InChI=1S/C28H34N2O2/c1-25-17-26-11-12-28(25,32-3)24(29-23(25)18-7-5-4-6-8-18)27(26)13-14-30(2)22(26)15-19-9-10-20(31)16-21(19)27/h4-10,16,22-24,29,31H,11-15,17H2,1-3H3/t22-,23+,24+,25+,26-,27+,28+/m1/s1. The van der Waals surface area contributed by atoms with Crippen molar-refractivity contribution >= 4 is 0 Å². The van der Waals surface area contributed by atoms with Crippen molar-refractivity contribution in [1.82, 2.24) is 10.2 Å². The number of fused-ring (bicyclic) bond motifs is 2. The molecule has 0 amide bonds. The van der Waals surface area contributed by atoms with Crippen LogP contribution in [-0.2, 0) is 16.6 Å². The third-order valence-electron chi connectivity index (χ3n) is 10.9. The van der Waals surface area contributed by atoms with Crippen molar-refractivity contribution in [3.8, 4) is 5.75 Å². The van der Waals surface area contributed by atoms with Gasteiger partial charge in [0.25, 0.3) is 0 Å². The molecule has 3 saturated carbocycles. The van der Waals surface area contributed by atoms with Gasteiger partial charge in [0.1, 0.15) is 5.75 Å². The highest BCUT2D eigenvalue weighted by Gasteiger charge is 2.83. The predicted octanol–water partition coefficient (Wildman–Crippen LogP) is 4.18.